The maximum atomic E-state index is 12.6. The van der Waals surface area contributed by atoms with Crippen molar-refractivity contribution in [1.29, 1.82) is 0 Å². The van der Waals surface area contributed by atoms with E-state index in [0.717, 1.165) is 23.6 Å². The zero-order valence-electron chi connectivity index (χ0n) is 14.3. The summed E-state index contributed by atoms with van der Waals surface area (Å²) in [5.41, 5.74) is -0.814. The third kappa shape index (κ3) is 3.20. The van der Waals surface area contributed by atoms with E-state index in [-0.39, 0.29) is 16.3 Å². The Bertz CT molecular complexity index is 883. The van der Waals surface area contributed by atoms with E-state index in [9.17, 15) is 21.6 Å². The van der Waals surface area contributed by atoms with Crippen LogP contribution in [0.25, 0.3) is 0 Å². The van der Waals surface area contributed by atoms with Crippen molar-refractivity contribution in [2.45, 2.75) is 38.0 Å². The van der Waals surface area contributed by atoms with Crippen LogP contribution < -0.4 is 4.31 Å². The number of piperidine rings is 1. The predicted molar refractivity (Wildman–Crippen MR) is 94.1 cm³/mol. The molecule has 0 N–H and O–H groups in total. The number of anilines is 1. The molecule has 0 atom stereocenters. The highest BCUT2D eigenvalue weighted by Crippen LogP contribution is 2.36. The van der Waals surface area contributed by atoms with E-state index in [1.165, 1.54) is 28.6 Å². The largest absolute Gasteiger partial charge is 0.273 e. The van der Waals surface area contributed by atoms with Crippen molar-refractivity contribution in [3.8, 4) is 0 Å². The number of hydrogen-bond acceptors (Lipinski definition) is 5. The Balaban J connectivity index is 1.92. The molecule has 25 heavy (non-hydrogen) atoms. The molecule has 2 heterocycles. The molecule has 2 aliphatic heterocycles. The normalized spacial score (nSPS) is 23.8. The SMILES string of the molecule is CC1(C)CS(=O)(=O)N(c2ccc(S(=O)(=O)N3CCCCC3)cc2)C1=O. The summed E-state index contributed by atoms with van der Waals surface area (Å²) in [7, 11) is -7.33. The number of carbonyl (C=O) groups excluding carboxylic acids is 1. The fourth-order valence-corrected chi connectivity index (χ4v) is 6.89. The molecule has 0 radical (unpaired) electrons. The highest BCUT2D eigenvalue weighted by Gasteiger charge is 2.49. The molecule has 9 heteroatoms. The molecule has 2 saturated heterocycles. The van der Waals surface area contributed by atoms with E-state index in [4.69, 9.17) is 0 Å². The van der Waals surface area contributed by atoms with Crippen molar-refractivity contribution in [2.75, 3.05) is 23.1 Å². The fourth-order valence-electron chi connectivity index (χ4n) is 3.27. The van der Waals surface area contributed by atoms with Crippen LogP contribution in [0.5, 0.6) is 0 Å². The molecule has 0 saturated carbocycles. The van der Waals surface area contributed by atoms with Crippen LogP contribution in [0.4, 0.5) is 5.69 Å². The topological polar surface area (TPSA) is 91.8 Å². The second-order valence-corrected chi connectivity index (χ2v) is 10.9. The van der Waals surface area contributed by atoms with E-state index in [1.54, 1.807) is 13.8 Å². The lowest BCUT2D eigenvalue weighted by Gasteiger charge is -2.26. The molecule has 7 nitrogen and oxygen atoms in total. The molecule has 1 amide bonds. The van der Waals surface area contributed by atoms with Crippen molar-refractivity contribution in [1.82, 2.24) is 4.31 Å². The summed E-state index contributed by atoms with van der Waals surface area (Å²) < 4.78 is 52.1. The molecule has 0 spiro atoms. The van der Waals surface area contributed by atoms with E-state index >= 15 is 0 Å². The lowest BCUT2D eigenvalue weighted by atomic mass is 9.95. The first kappa shape index (κ1) is 18.3. The maximum absolute atomic E-state index is 12.6. The molecule has 138 valence electrons. The number of hydrogen-bond donors (Lipinski definition) is 0. The minimum absolute atomic E-state index is 0.112. The van der Waals surface area contributed by atoms with Gasteiger partial charge in [-0.25, -0.2) is 21.1 Å². The van der Waals surface area contributed by atoms with Crippen LogP contribution in [0.15, 0.2) is 29.2 Å². The summed E-state index contributed by atoms with van der Waals surface area (Å²) in [6.45, 7) is 4.17. The van der Waals surface area contributed by atoms with Crippen LogP contribution in [0.2, 0.25) is 0 Å². The van der Waals surface area contributed by atoms with Crippen molar-refractivity contribution in [2.24, 2.45) is 5.41 Å². The third-order valence-corrected chi connectivity index (χ3v) is 8.54. The molecular weight excluding hydrogens is 364 g/mol. The molecule has 0 unspecified atom stereocenters. The van der Waals surface area contributed by atoms with Crippen LogP contribution in [-0.4, -0.2) is 45.9 Å². The number of carbonyl (C=O) groups is 1. The molecule has 1 aromatic carbocycles. The minimum atomic E-state index is -3.74. The fraction of sp³-hybridized carbons (Fsp3) is 0.562. The van der Waals surface area contributed by atoms with Gasteiger partial charge in [0.05, 0.1) is 21.8 Å². The first-order chi connectivity index (χ1) is 11.6. The van der Waals surface area contributed by atoms with Gasteiger partial charge in [0.25, 0.3) is 0 Å². The Kier molecular flexibility index (Phi) is 4.45. The average molecular weight is 386 g/mol. The zero-order valence-corrected chi connectivity index (χ0v) is 15.9. The lowest BCUT2D eigenvalue weighted by Crippen LogP contribution is -2.35. The van der Waals surface area contributed by atoms with Crippen LogP contribution in [0, 0.1) is 5.41 Å². The monoisotopic (exact) mass is 386 g/mol. The molecule has 1 aromatic rings. The number of nitrogens with zero attached hydrogens (tertiary/aromatic N) is 2. The van der Waals surface area contributed by atoms with Crippen molar-refractivity contribution >= 4 is 31.6 Å². The van der Waals surface area contributed by atoms with Gasteiger partial charge >= 0.3 is 0 Å². The first-order valence-electron chi connectivity index (χ1n) is 8.23. The van der Waals surface area contributed by atoms with Gasteiger partial charge in [-0.3, -0.25) is 4.79 Å². The van der Waals surface area contributed by atoms with E-state index in [2.05, 4.69) is 0 Å². The Hall–Kier alpha value is -1.45. The number of amides is 1. The summed E-state index contributed by atoms with van der Waals surface area (Å²) in [5.74, 6) is -0.758. The Labute approximate surface area is 148 Å². The quantitative estimate of drug-likeness (QED) is 0.786. The molecule has 2 fully saturated rings. The zero-order chi connectivity index (χ0) is 18.5. The Morgan fingerprint density at radius 3 is 2.04 bits per heavy atom. The van der Waals surface area contributed by atoms with Gasteiger partial charge in [0.2, 0.25) is 26.0 Å². The highest BCUT2D eigenvalue weighted by molar-refractivity contribution is 7.94. The molecule has 0 bridgehead atoms. The van der Waals surface area contributed by atoms with Crippen LogP contribution >= 0.6 is 0 Å². The first-order valence-corrected chi connectivity index (χ1v) is 11.3. The van der Waals surface area contributed by atoms with Gasteiger partial charge in [-0.15, -0.1) is 0 Å². The van der Waals surface area contributed by atoms with E-state index in [0.29, 0.717) is 13.1 Å². The minimum Gasteiger partial charge on any atom is -0.273 e. The van der Waals surface area contributed by atoms with Gasteiger partial charge < -0.3 is 0 Å². The second kappa shape index (κ2) is 6.07. The summed E-state index contributed by atoms with van der Waals surface area (Å²) >= 11 is 0. The predicted octanol–water partition coefficient (Wildman–Crippen LogP) is 1.56. The third-order valence-electron chi connectivity index (χ3n) is 4.61. The van der Waals surface area contributed by atoms with Crippen LogP contribution in [0.1, 0.15) is 33.1 Å². The van der Waals surface area contributed by atoms with Crippen molar-refractivity contribution in [3.05, 3.63) is 24.3 Å². The molecule has 3 rings (SSSR count). The van der Waals surface area contributed by atoms with Gasteiger partial charge in [-0.05, 0) is 51.0 Å². The highest BCUT2D eigenvalue weighted by atomic mass is 32.2. The number of benzene rings is 1. The van der Waals surface area contributed by atoms with Crippen molar-refractivity contribution < 1.29 is 21.6 Å². The van der Waals surface area contributed by atoms with Gasteiger partial charge in [-0.1, -0.05) is 6.42 Å². The summed E-state index contributed by atoms with van der Waals surface area (Å²) in [5, 5.41) is 0. The van der Waals surface area contributed by atoms with E-state index in [1.807, 2.05) is 0 Å². The van der Waals surface area contributed by atoms with Crippen LogP contribution in [-0.2, 0) is 24.8 Å². The molecule has 0 aromatic heterocycles. The number of sulfonamides is 2. The van der Waals surface area contributed by atoms with Gasteiger partial charge in [-0.2, -0.15) is 4.31 Å². The van der Waals surface area contributed by atoms with Crippen LogP contribution in [0.3, 0.4) is 0 Å². The molecular formula is C16H22N2O5S2. The number of rotatable bonds is 3. The smallest absolute Gasteiger partial charge is 0.247 e. The van der Waals surface area contributed by atoms with Gasteiger partial charge in [0, 0.05) is 13.1 Å². The van der Waals surface area contributed by atoms with Gasteiger partial charge in [0.15, 0.2) is 0 Å². The average Bonchev–Trinajstić information content (AvgIpc) is 2.71. The van der Waals surface area contributed by atoms with E-state index < -0.39 is 31.4 Å². The summed E-state index contributed by atoms with van der Waals surface area (Å²) in [4.78, 5) is 12.5. The maximum Gasteiger partial charge on any atom is 0.247 e. The summed E-state index contributed by atoms with van der Waals surface area (Å²) in [6.07, 6.45) is 2.70. The standard InChI is InChI=1S/C16H22N2O5S2/c1-16(2)12-24(20,21)18(15(16)19)13-6-8-14(9-7-13)25(22,23)17-10-4-3-5-11-17/h6-9H,3-5,10-12H2,1-2H3. The molecule has 0 aliphatic carbocycles. The van der Waals surface area contributed by atoms with Gasteiger partial charge in [0.1, 0.15) is 0 Å². The van der Waals surface area contributed by atoms with Crippen molar-refractivity contribution in [3.63, 3.8) is 0 Å². The molecule has 2 aliphatic rings. The second-order valence-electron chi connectivity index (χ2n) is 7.17. The summed E-state index contributed by atoms with van der Waals surface area (Å²) in [6, 6.07) is 5.50. The Morgan fingerprint density at radius 2 is 1.56 bits per heavy atom. The lowest BCUT2D eigenvalue weighted by molar-refractivity contribution is -0.123. The Morgan fingerprint density at radius 1 is 1.00 bits per heavy atom.